The lowest BCUT2D eigenvalue weighted by molar-refractivity contribution is 0.0706. The van der Waals surface area contributed by atoms with Crippen molar-refractivity contribution in [2.24, 2.45) is 0 Å². The molecule has 0 unspecified atom stereocenters. The lowest BCUT2D eigenvalue weighted by Crippen LogP contribution is -2.37. The minimum Gasteiger partial charge on any atom is -0.288 e. The first-order valence-electron chi connectivity index (χ1n) is 7.02. The summed E-state index contributed by atoms with van der Waals surface area (Å²) in [5, 5.41) is 8.64. The van der Waals surface area contributed by atoms with Gasteiger partial charge in [-0.05, 0) is 36.1 Å². The van der Waals surface area contributed by atoms with Gasteiger partial charge in [0.15, 0.2) is 0 Å². The number of amides is 1. The first-order valence-corrected chi connectivity index (χ1v) is 8.63. The predicted molar refractivity (Wildman–Crippen MR) is 78.5 cm³/mol. The van der Waals surface area contributed by atoms with Crippen LogP contribution in [0.15, 0.2) is 18.2 Å². The Kier molecular flexibility index (Phi) is 4.97. The standard InChI is InChI=1S/C14H20N2O4S/c1-2-3-8-21(19,20)16-7-6-11-9-12(14(17)15-18)4-5-13(11)10-16/h4-5,9,18H,2-3,6-8,10H2,1H3,(H,15,17). The first-order chi connectivity index (χ1) is 9.97. The van der Waals surface area contributed by atoms with Crippen LogP contribution in [0, 0.1) is 0 Å². The minimum absolute atomic E-state index is 0.184. The van der Waals surface area contributed by atoms with Gasteiger partial charge in [-0.15, -0.1) is 0 Å². The summed E-state index contributed by atoms with van der Waals surface area (Å²) in [5.41, 5.74) is 3.84. The van der Waals surface area contributed by atoms with E-state index in [1.807, 2.05) is 6.92 Å². The van der Waals surface area contributed by atoms with Crippen molar-refractivity contribution in [3.05, 3.63) is 34.9 Å². The monoisotopic (exact) mass is 312 g/mol. The summed E-state index contributed by atoms with van der Waals surface area (Å²) >= 11 is 0. The van der Waals surface area contributed by atoms with E-state index in [1.165, 1.54) is 4.31 Å². The van der Waals surface area contributed by atoms with E-state index in [4.69, 9.17) is 5.21 Å². The first kappa shape index (κ1) is 15.9. The van der Waals surface area contributed by atoms with Crippen LogP contribution in [0.3, 0.4) is 0 Å². The van der Waals surface area contributed by atoms with Gasteiger partial charge in [0.2, 0.25) is 10.0 Å². The molecule has 0 bridgehead atoms. The molecule has 1 amide bonds. The Morgan fingerprint density at radius 1 is 1.38 bits per heavy atom. The fourth-order valence-electron chi connectivity index (χ4n) is 2.43. The molecule has 0 radical (unpaired) electrons. The molecule has 1 aromatic carbocycles. The fraction of sp³-hybridized carbons (Fsp3) is 0.500. The third-order valence-electron chi connectivity index (χ3n) is 3.70. The number of benzene rings is 1. The van der Waals surface area contributed by atoms with Crippen LogP contribution in [0.25, 0.3) is 0 Å². The minimum atomic E-state index is -3.21. The molecule has 2 N–H and O–H groups in total. The summed E-state index contributed by atoms with van der Waals surface area (Å²) in [5.74, 6) is -0.375. The molecule has 1 heterocycles. The molecule has 7 heteroatoms. The van der Waals surface area contributed by atoms with Crippen molar-refractivity contribution in [2.75, 3.05) is 12.3 Å². The van der Waals surface area contributed by atoms with Crippen LogP contribution in [-0.2, 0) is 23.0 Å². The normalized spacial score (nSPS) is 15.5. The highest BCUT2D eigenvalue weighted by atomic mass is 32.2. The Hall–Kier alpha value is -1.44. The largest absolute Gasteiger partial charge is 0.288 e. The Morgan fingerprint density at radius 2 is 2.14 bits per heavy atom. The number of hydrogen-bond acceptors (Lipinski definition) is 4. The number of carbonyl (C=O) groups is 1. The van der Waals surface area contributed by atoms with Gasteiger partial charge in [-0.2, -0.15) is 4.31 Å². The summed E-state index contributed by atoms with van der Waals surface area (Å²) in [7, 11) is -3.21. The van der Waals surface area contributed by atoms with Crippen molar-refractivity contribution in [3.63, 3.8) is 0 Å². The van der Waals surface area contributed by atoms with Gasteiger partial charge in [0.05, 0.1) is 5.75 Å². The maximum Gasteiger partial charge on any atom is 0.274 e. The van der Waals surface area contributed by atoms with Gasteiger partial charge in [0.1, 0.15) is 0 Å². The zero-order valence-corrected chi connectivity index (χ0v) is 12.8. The molecule has 6 nitrogen and oxygen atoms in total. The number of hydroxylamine groups is 1. The van der Waals surface area contributed by atoms with Gasteiger partial charge >= 0.3 is 0 Å². The molecule has 1 aliphatic heterocycles. The van der Waals surface area contributed by atoms with E-state index in [0.29, 0.717) is 31.5 Å². The van der Waals surface area contributed by atoms with Crippen LogP contribution >= 0.6 is 0 Å². The van der Waals surface area contributed by atoms with Crippen molar-refractivity contribution in [1.82, 2.24) is 9.79 Å². The van der Waals surface area contributed by atoms with Crippen molar-refractivity contribution in [2.45, 2.75) is 32.7 Å². The summed E-state index contributed by atoms with van der Waals surface area (Å²) in [6.07, 6.45) is 2.10. The van der Waals surface area contributed by atoms with E-state index in [9.17, 15) is 13.2 Å². The highest BCUT2D eigenvalue weighted by molar-refractivity contribution is 7.89. The van der Waals surface area contributed by atoms with E-state index in [0.717, 1.165) is 17.5 Å². The summed E-state index contributed by atoms with van der Waals surface area (Å²) in [4.78, 5) is 11.4. The third-order valence-corrected chi connectivity index (χ3v) is 5.60. The van der Waals surface area contributed by atoms with Gasteiger partial charge in [0.25, 0.3) is 5.91 Å². The van der Waals surface area contributed by atoms with E-state index in [1.54, 1.807) is 23.7 Å². The zero-order valence-electron chi connectivity index (χ0n) is 12.0. The summed E-state index contributed by atoms with van der Waals surface area (Å²) in [6, 6.07) is 5.05. The summed E-state index contributed by atoms with van der Waals surface area (Å²) < 4.78 is 25.9. The van der Waals surface area contributed by atoms with E-state index < -0.39 is 15.9 Å². The molecule has 0 aromatic heterocycles. The highest BCUT2D eigenvalue weighted by Gasteiger charge is 2.26. The van der Waals surface area contributed by atoms with Crippen molar-refractivity contribution in [3.8, 4) is 0 Å². The van der Waals surface area contributed by atoms with Gasteiger partial charge in [-0.25, -0.2) is 13.9 Å². The molecule has 0 fully saturated rings. The average molecular weight is 312 g/mol. The SMILES string of the molecule is CCCCS(=O)(=O)N1CCc2cc(C(=O)NO)ccc2C1. The molecule has 0 atom stereocenters. The molecule has 0 saturated heterocycles. The van der Waals surface area contributed by atoms with Crippen LogP contribution in [0.5, 0.6) is 0 Å². The molecule has 1 aliphatic rings. The topological polar surface area (TPSA) is 86.7 Å². The molecule has 0 spiro atoms. The van der Waals surface area contributed by atoms with E-state index >= 15 is 0 Å². The molecular formula is C14H20N2O4S. The van der Waals surface area contributed by atoms with Crippen molar-refractivity contribution < 1.29 is 18.4 Å². The van der Waals surface area contributed by atoms with Crippen LogP contribution in [-0.4, -0.2) is 36.1 Å². The van der Waals surface area contributed by atoms with E-state index in [-0.39, 0.29) is 5.75 Å². The van der Waals surface area contributed by atoms with Crippen molar-refractivity contribution >= 4 is 15.9 Å². The molecule has 2 rings (SSSR count). The Labute approximate surface area is 124 Å². The number of unbranched alkanes of at least 4 members (excludes halogenated alkanes) is 1. The number of sulfonamides is 1. The third kappa shape index (κ3) is 3.61. The quantitative estimate of drug-likeness (QED) is 0.633. The van der Waals surface area contributed by atoms with Crippen LogP contribution in [0.2, 0.25) is 0 Å². The van der Waals surface area contributed by atoms with E-state index in [2.05, 4.69) is 0 Å². The van der Waals surface area contributed by atoms with Gasteiger partial charge < -0.3 is 0 Å². The fourth-order valence-corrected chi connectivity index (χ4v) is 4.04. The number of nitrogens with zero attached hydrogens (tertiary/aromatic N) is 1. The van der Waals surface area contributed by atoms with Crippen LogP contribution < -0.4 is 5.48 Å². The molecule has 21 heavy (non-hydrogen) atoms. The van der Waals surface area contributed by atoms with Gasteiger partial charge in [0, 0.05) is 18.7 Å². The second-order valence-electron chi connectivity index (χ2n) is 5.18. The van der Waals surface area contributed by atoms with Gasteiger partial charge in [-0.3, -0.25) is 10.0 Å². The van der Waals surface area contributed by atoms with Crippen molar-refractivity contribution in [1.29, 1.82) is 0 Å². The smallest absolute Gasteiger partial charge is 0.274 e. The maximum absolute atomic E-state index is 12.2. The Morgan fingerprint density at radius 3 is 2.81 bits per heavy atom. The molecule has 1 aromatic rings. The lowest BCUT2D eigenvalue weighted by Gasteiger charge is -2.28. The van der Waals surface area contributed by atoms with Crippen LogP contribution in [0.4, 0.5) is 0 Å². The highest BCUT2D eigenvalue weighted by Crippen LogP contribution is 2.23. The molecule has 0 aliphatic carbocycles. The predicted octanol–water partition coefficient (Wildman–Crippen LogP) is 1.29. The Balaban J connectivity index is 2.16. The molecular weight excluding hydrogens is 292 g/mol. The van der Waals surface area contributed by atoms with Crippen LogP contribution in [0.1, 0.15) is 41.3 Å². The lowest BCUT2D eigenvalue weighted by atomic mass is 9.98. The second-order valence-corrected chi connectivity index (χ2v) is 7.27. The maximum atomic E-state index is 12.2. The number of fused-ring (bicyclic) bond motifs is 1. The number of hydrogen-bond donors (Lipinski definition) is 2. The average Bonchev–Trinajstić information content (AvgIpc) is 2.51. The second kappa shape index (κ2) is 6.55. The number of nitrogens with one attached hydrogen (secondary N) is 1. The zero-order chi connectivity index (χ0) is 15.5. The summed E-state index contributed by atoms with van der Waals surface area (Å²) in [6.45, 7) is 2.75. The Bertz CT molecular complexity index is 628. The van der Waals surface area contributed by atoms with Gasteiger partial charge in [-0.1, -0.05) is 19.4 Å². The number of carbonyl (C=O) groups excluding carboxylic acids is 1. The molecule has 116 valence electrons. The number of rotatable bonds is 5. The molecule has 0 saturated carbocycles.